The first kappa shape index (κ1) is 14.2. The normalized spacial score (nSPS) is 10.4. The molecule has 3 rings (SSSR count). The zero-order valence-electron chi connectivity index (χ0n) is 11.3. The van der Waals surface area contributed by atoms with Crippen molar-refractivity contribution in [1.29, 1.82) is 0 Å². The third-order valence-electron chi connectivity index (χ3n) is 2.99. The molecular formula is C16H11ClN2O3. The van der Waals surface area contributed by atoms with E-state index in [0.29, 0.717) is 16.3 Å². The highest BCUT2D eigenvalue weighted by Gasteiger charge is 2.15. The Balaban J connectivity index is 1.84. The van der Waals surface area contributed by atoms with Crippen molar-refractivity contribution in [2.75, 3.05) is 5.32 Å². The number of pyridine rings is 1. The molecule has 0 bridgehead atoms. The minimum absolute atomic E-state index is 0.0724. The number of hydrogen-bond acceptors (Lipinski definition) is 4. The molecule has 1 amide bonds. The smallest absolute Gasteiger partial charge is 0.292 e. The maximum Gasteiger partial charge on any atom is 0.292 e. The number of aromatic nitrogens is 1. The average molecular weight is 315 g/mol. The summed E-state index contributed by atoms with van der Waals surface area (Å²) in [5.74, 6) is 0.0326. The second-order valence-corrected chi connectivity index (χ2v) is 4.88. The van der Waals surface area contributed by atoms with E-state index in [2.05, 4.69) is 10.3 Å². The molecule has 22 heavy (non-hydrogen) atoms. The fourth-order valence-corrected chi connectivity index (χ4v) is 2.16. The summed E-state index contributed by atoms with van der Waals surface area (Å²) in [6, 6.07) is 13.4. The number of halogens is 1. The van der Waals surface area contributed by atoms with Gasteiger partial charge in [0, 0.05) is 11.8 Å². The number of benzene rings is 1. The SMILES string of the molecule is O=C(Nc1ncccc1O)c1ccc(-c2ccccc2Cl)o1. The first-order chi connectivity index (χ1) is 10.6. The Hall–Kier alpha value is -2.79. The van der Waals surface area contributed by atoms with Crippen LogP contribution >= 0.6 is 11.6 Å². The van der Waals surface area contributed by atoms with Crippen LogP contribution in [-0.4, -0.2) is 16.0 Å². The van der Waals surface area contributed by atoms with Crippen LogP contribution in [0.5, 0.6) is 5.75 Å². The summed E-state index contributed by atoms with van der Waals surface area (Å²) >= 11 is 6.09. The lowest BCUT2D eigenvalue weighted by atomic mass is 10.2. The van der Waals surface area contributed by atoms with Gasteiger partial charge in [-0.15, -0.1) is 0 Å². The van der Waals surface area contributed by atoms with Crippen LogP contribution in [-0.2, 0) is 0 Å². The number of hydrogen-bond donors (Lipinski definition) is 2. The third-order valence-corrected chi connectivity index (χ3v) is 3.32. The van der Waals surface area contributed by atoms with Crippen molar-refractivity contribution in [2.24, 2.45) is 0 Å². The molecule has 2 aromatic heterocycles. The molecule has 3 aromatic rings. The Kier molecular flexibility index (Phi) is 3.80. The van der Waals surface area contributed by atoms with E-state index in [-0.39, 0.29) is 17.3 Å². The van der Waals surface area contributed by atoms with Gasteiger partial charge in [-0.3, -0.25) is 4.79 Å². The molecule has 5 nitrogen and oxygen atoms in total. The van der Waals surface area contributed by atoms with E-state index in [0.717, 1.165) is 0 Å². The molecule has 2 heterocycles. The predicted octanol–water partition coefficient (Wildman–Crippen LogP) is 3.95. The van der Waals surface area contributed by atoms with E-state index in [1.807, 2.05) is 12.1 Å². The average Bonchev–Trinajstić information content (AvgIpc) is 3.00. The maximum atomic E-state index is 12.1. The van der Waals surface area contributed by atoms with E-state index in [1.54, 1.807) is 24.3 Å². The van der Waals surface area contributed by atoms with Crippen molar-refractivity contribution in [1.82, 2.24) is 4.98 Å². The summed E-state index contributed by atoms with van der Waals surface area (Å²) in [4.78, 5) is 16.0. The van der Waals surface area contributed by atoms with Gasteiger partial charge in [-0.25, -0.2) is 4.98 Å². The van der Waals surface area contributed by atoms with Crippen molar-refractivity contribution in [3.05, 3.63) is 65.5 Å². The number of rotatable bonds is 3. The van der Waals surface area contributed by atoms with Gasteiger partial charge < -0.3 is 14.8 Å². The summed E-state index contributed by atoms with van der Waals surface area (Å²) in [7, 11) is 0. The number of nitrogens with zero attached hydrogens (tertiary/aromatic N) is 1. The number of aromatic hydroxyl groups is 1. The van der Waals surface area contributed by atoms with Crippen molar-refractivity contribution in [3.63, 3.8) is 0 Å². The van der Waals surface area contributed by atoms with Crippen molar-refractivity contribution in [2.45, 2.75) is 0 Å². The van der Waals surface area contributed by atoms with Gasteiger partial charge in [0.05, 0.1) is 5.02 Å². The largest absolute Gasteiger partial charge is 0.504 e. The molecule has 110 valence electrons. The van der Waals surface area contributed by atoms with Crippen LogP contribution in [0.4, 0.5) is 5.82 Å². The van der Waals surface area contributed by atoms with Gasteiger partial charge in [-0.1, -0.05) is 23.7 Å². The molecule has 0 radical (unpaired) electrons. The highest BCUT2D eigenvalue weighted by atomic mass is 35.5. The fourth-order valence-electron chi connectivity index (χ4n) is 1.93. The number of anilines is 1. The van der Waals surface area contributed by atoms with E-state index in [1.165, 1.54) is 18.3 Å². The Bertz CT molecular complexity index is 830. The molecule has 1 aromatic carbocycles. The van der Waals surface area contributed by atoms with E-state index in [9.17, 15) is 9.90 Å². The summed E-state index contributed by atoms with van der Waals surface area (Å²) in [6.45, 7) is 0. The van der Waals surface area contributed by atoms with E-state index < -0.39 is 5.91 Å². The summed E-state index contributed by atoms with van der Waals surface area (Å²) in [6.07, 6.45) is 1.46. The Labute approximate surface area is 131 Å². The molecule has 2 N–H and O–H groups in total. The molecular weight excluding hydrogens is 304 g/mol. The van der Waals surface area contributed by atoms with E-state index in [4.69, 9.17) is 16.0 Å². The van der Waals surface area contributed by atoms with Gasteiger partial charge in [0.1, 0.15) is 5.76 Å². The molecule has 0 aliphatic rings. The number of amides is 1. The lowest BCUT2D eigenvalue weighted by molar-refractivity contribution is 0.0996. The number of nitrogens with one attached hydrogen (secondary N) is 1. The predicted molar refractivity (Wildman–Crippen MR) is 83.0 cm³/mol. The lowest BCUT2D eigenvalue weighted by Gasteiger charge is -2.04. The van der Waals surface area contributed by atoms with Crippen LogP contribution in [0.3, 0.4) is 0 Å². The molecule has 0 saturated heterocycles. The molecule has 0 unspecified atom stereocenters. The topological polar surface area (TPSA) is 75.4 Å². The van der Waals surface area contributed by atoms with Crippen LogP contribution in [0, 0.1) is 0 Å². The number of carbonyl (C=O) groups is 1. The van der Waals surface area contributed by atoms with Crippen molar-refractivity contribution < 1.29 is 14.3 Å². The minimum Gasteiger partial charge on any atom is -0.504 e. The summed E-state index contributed by atoms with van der Waals surface area (Å²) < 4.78 is 5.52. The molecule has 0 aliphatic heterocycles. The van der Waals surface area contributed by atoms with Gasteiger partial charge in [0.15, 0.2) is 17.3 Å². The second kappa shape index (κ2) is 5.91. The van der Waals surface area contributed by atoms with Gasteiger partial charge in [0.2, 0.25) is 0 Å². The zero-order chi connectivity index (χ0) is 15.5. The zero-order valence-corrected chi connectivity index (χ0v) is 12.0. The van der Waals surface area contributed by atoms with Gasteiger partial charge >= 0.3 is 0 Å². The molecule has 0 aliphatic carbocycles. The van der Waals surface area contributed by atoms with E-state index >= 15 is 0 Å². The van der Waals surface area contributed by atoms with Gasteiger partial charge in [-0.2, -0.15) is 0 Å². The summed E-state index contributed by atoms with van der Waals surface area (Å²) in [5.41, 5.74) is 0.698. The molecule has 0 atom stereocenters. The van der Waals surface area contributed by atoms with Gasteiger partial charge in [-0.05, 0) is 36.4 Å². The van der Waals surface area contributed by atoms with Crippen LogP contribution < -0.4 is 5.32 Å². The minimum atomic E-state index is -0.507. The Morgan fingerprint density at radius 2 is 1.95 bits per heavy atom. The molecule has 6 heteroatoms. The highest BCUT2D eigenvalue weighted by Crippen LogP contribution is 2.29. The monoisotopic (exact) mass is 314 g/mol. The number of carbonyl (C=O) groups excluding carboxylic acids is 1. The fraction of sp³-hybridized carbons (Fsp3) is 0. The van der Waals surface area contributed by atoms with Crippen LogP contribution in [0.2, 0.25) is 5.02 Å². The second-order valence-electron chi connectivity index (χ2n) is 4.47. The summed E-state index contributed by atoms with van der Waals surface area (Å²) in [5, 5.41) is 12.6. The van der Waals surface area contributed by atoms with Crippen molar-refractivity contribution >= 4 is 23.3 Å². The first-order valence-electron chi connectivity index (χ1n) is 6.45. The van der Waals surface area contributed by atoms with Crippen LogP contribution in [0.25, 0.3) is 11.3 Å². The Morgan fingerprint density at radius 3 is 2.73 bits per heavy atom. The first-order valence-corrected chi connectivity index (χ1v) is 6.83. The van der Waals surface area contributed by atoms with Crippen molar-refractivity contribution in [3.8, 4) is 17.1 Å². The van der Waals surface area contributed by atoms with Crippen LogP contribution in [0.1, 0.15) is 10.6 Å². The maximum absolute atomic E-state index is 12.1. The molecule has 0 spiro atoms. The quantitative estimate of drug-likeness (QED) is 0.767. The standard InChI is InChI=1S/C16H11ClN2O3/c17-11-5-2-1-4-10(11)13-7-8-14(22-13)16(21)19-15-12(20)6-3-9-18-15/h1-9,20H,(H,18,19,21). The van der Waals surface area contributed by atoms with Crippen LogP contribution in [0.15, 0.2) is 59.1 Å². The molecule has 0 saturated carbocycles. The molecule has 0 fully saturated rings. The lowest BCUT2D eigenvalue weighted by Crippen LogP contribution is -2.11. The highest BCUT2D eigenvalue weighted by molar-refractivity contribution is 6.33. The van der Waals surface area contributed by atoms with Gasteiger partial charge in [0.25, 0.3) is 5.91 Å². The third kappa shape index (κ3) is 2.80. The Morgan fingerprint density at radius 1 is 1.14 bits per heavy atom. The number of furan rings is 1.